The van der Waals surface area contributed by atoms with Gasteiger partial charge in [-0.2, -0.15) is 4.98 Å². The van der Waals surface area contributed by atoms with Gasteiger partial charge in [-0.3, -0.25) is 9.78 Å². The van der Waals surface area contributed by atoms with Gasteiger partial charge < -0.3 is 19.3 Å². The summed E-state index contributed by atoms with van der Waals surface area (Å²) in [4.78, 5) is 25.0. The number of aromatic nitrogens is 2. The van der Waals surface area contributed by atoms with E-state index < -0.39 is 6.10 Å². The van der Waals surface area contributed by atoms with Gasteiger partial charge in [-0.15, -0.1) is 0 Å². The molecule has 0 spiro atoms. The Bertz CT molecular complexity index is 813. The van der Waals surface area contributed by atoms with E-state index in [2.05, 4.69) is 14.9 Å². The molecule has 1 aromatic heterocycles. The number of hydrogen-bond acceptors (Lipinski definition) is 6. The Hall–Kier alpha value is -2.25. The molecule has 7 nitrogen and oxygen atoms in total. The second kappa shape index (κ2) is 8.63. The molecule has 1 aliphatic heterocycles. The molecule has 1 aliphatic rings. The lowest BCUT2D eigenvalue weighted by atomic mass is 10.2. The third-order valence-electron chi connectivity index (χ3n) is 4.29. The number of nitrogens with zero attached hydrogens (tertiary/aromatic N) is 4. The molecular weight excluding hydrogens is 391 g/mol. The summed E-state index contributed by atoms with van der Waals surface area (Å²) in [5.74, 6) is 1.50. The molecule has 1 fully saturated rings. The van der Waals surface area contributed by atoms with Gasteiger partial charge in [0.2, 0.25) is 5.88 Å². The summed E-state index contributed by atoms with van der Waals surface area (Å²) in [7, 11) is 1.55. The van der Waals surface area contributed by atoms with Crippen molar-refractivity contribution in [3.8, 4) is 11.6 Å². The van der Waals surface area contributed by atoms with Gasteiger partial charge in [-0.05, 0) is 19.1 Å². The van der Waals surface area contributed by atoms with Gasteiger partial charge in [-0.1, -0.05) is 29.3 Å². The minimum atomic E-state index is -0.663. The fourth-order valence-corrected chi connectivity index (χ4v) is 3.15. The number of carbonyl (C=O) groups is 1. The third kappa shape index (κ3) is 4.54. The number of piperazine rings is 1. The van der Waals surface area contributed by atoms with Crippen LogP contribution in [0.2, 0.25) is 10.0 Å². The summed E-state index contributed by atoms with van der Waals surface area (Å²) in [5, 5.41) is 0.696. The molecule has 2 heterocycles. The lowest BCUT2D eigenvalue weighted by Crippen LogP contribution is -2.52. The zero-order valence-corrected chi connectivity index (χ0v) is 16.6. The highest BCUT2D eigenvalue weighted by Crippen LogP contribution is 2.32. The van der Waals surface area contributed by atoms with E-state index in [-0.39, 0.29) is 5.91 Å². The van der Waals surface area contributed by atoms with Crippen molar-refractivity contribution in [1.29, 1.82) is 0 Å². The van der Waals surface area contributed by atoms with E-state index in [4.69, 9.17) is 32.7 Å². The fraction of sp³-hybridized carbons (Fsp3) is 0.389. The summed E-state index contributed by atoms with van der Waals surface area (Å²) in [6.07, 6.45) is 2.58. The molecule has 1 saturated heterocycles. The van der Waals surface area contributed by atoms with Crippen LogP contribution in [0.5, 0.6) is 11.6 Å². The average Bonchev–Trinajstić information content (AvgIpc) is 2.71. The Kier molecular flexibility index (Phi) is 6.23. The number of halogens is 2. The van der Waals surface area contributed by atoms with Crippen molar-refractivity contribution in [2.75, 3.05) is 38.2 Å². The van der Waals surface area contributed by atoms with E-state index >= 15 is 0 Å². The SMILES string of the molecule is COc1cncc(N2CCN(C(=O)C(C)Oc3cccc(Cl)c3Cl)CC2)n1. The van der Waals surface area contributed by atoms with Gasteiger partial charge in [0.1, 0.15) is 10.8 Å². The van der Waals surface area contributed by atoms with Gasteiger partial charge in [-0.25, -0.2) is 0 Å². The maximum atomic E-state index is 12.7. The first-order valence-corrected chi connectivity index (χ1v) is 9.25. The molecular formula is C18H20Cl2N4O3. The molecule has 1 atom stereocenters. The molecule has 1 unspecified atom stereocenters. The molecule has 9 heteroatoms. The van der Waals surface area contributed by atoms with Crippen LogP contribution in [0.15, 0.2) is 30.6 Å². The maximum absolute atomic E-state index is 12.7. The third-order valence-corrected chi connectivity index (χ3v) is 5.09. The predicted octanol–water partition coefficient (Wildman–Crippen LogP) is 2.91. The minimum absolute atomic E-state index is 0.0950. The van der Waals surface area contributed by atoms with Gasteiger partial charge in [0.05, 0.1) is 24.5 Å². The number of benzene rings is 1. The first-order valence-electron chi connectivity index (χ1n) is 8.50. The lowest BCUT2D eigenvalue weighted by Gasteiger charge is -2.36. The summed E-state index contributed by atoms with van der Waals surface area (Å²) in [5.41, 5.74) is 0. The number of amides is 1. The fourth-order valence-electron chi connectivity index (χ4n) is 2.82. The quantitative estimate of drug-likeness (QED) is 0.754. The van der Waals surface area contributed by atoms with Crippen molar-refractivity contribution < 1.29 is 14.3 Å². The molecule has 2 aromatic rings. The second-order valence-electron chi connectivity index (χ2n) is 6.04. The van der Waals surface area contributed by atoms with Gasteiger partial charge in [0, 0.05) is 26.2 Å². The molecule has 27 heavy (non-hydrogen) atoms. The van der Waals surface area contributed by atoms with Crippen molar-refractivity contribution in [3.05, 3.63) is 40.6 Å². The first-order chi connectivity index (χ1) is 13.0. The monoisotopic (exact) mass is 410 g/mol. The lowest BCUT2D eigenvalue weighted by molar-refractivity contribution is -0.138. The highest BCUT2D eigenvalue weighted by atomic mass is 35.5. The molecule has 1 aromatic carbocycles. The van der Waals surface area contributed by atoms with Crippen molar-refractivity contribution >= 4 is 34.9 Å². The van der Waals surface area contributed by atoms with E-state index in [1.165, 1.54) is 0 Å². The molecule has 0 bridgehead atoms. The van der Waals surface area contributed by atoms with Crippen LogP contribution in [0.4, 0.5) is 5.82 Å². The maximum Gasteiger partial charge on any atom is 0.263 e. The zero-order chi connectivity index (χ0) is 19.4. The largest absolute Gasteiger partial charge is 0.480 e. The molecule has 0 saturated carbocycles. The van der Waals surface area contributed by atoms with Crippen LogP contribution in [0, 0.1) is 0 Å². The highest BCUT2D eigenvalue weighted by Gasteiger charge is 2.27. The second-order valence-corrected chi connectivity index (χ2v) is 6.83. The normalized spacial score (nSPS) is 15.4. The summed E-state index contributed by atoms with van der Waals surface area (Å²) in [6.45, 7) is 4.14. The number of methoxy groups -OCH3 is 1. The summed E-state index contributed by atoms with van der Waals surface area (Å²) in [6, 6.07) is 5.09. The highest BCUT2D eigenvalue weighted by molar-refractivity contribution is 6.42. The standard InChI is InChI=1S/C18H20Cl2N4O3/c1-12(27-14-5-3-4-13(19)17(14)20)18(25)24-8-6-23(7-9-24)15-10-21-11-16(22-15)26-2/h3-5,10-12H,6-9H2,1-2H3. The molecule has 144 valence electrons. The van der Waals surface area contributed by atoms with Gasteiger partial charge in [0.15, 0.2) is 11.9 Å². The van der Waals surface area contributed by atoms with E-state index in [9.17, 15) is 4.79 Å². The Balaban J connectivity index is 1.58. The van der Waals surface area contributed by atoms with Crippen molar-refractivity contribution in [2.24, 2.45) is 0 Å². The van der Waals surface area contributed by atoms with Gasteiger partial charge in [0.25, 0.3) is 5.91 Å². The van der Waals surface area contributed by atoms with Crippen molar-refractivity contribution in [2.45, 2.75) is 13.0 Å². The number of anilines is 1. The molecule has 0 aliphatic carbocycles. The Labute approximate surface area is 167 Å². The molecule has 3 rings (SSSR count). The van der Waals surface area contributed by atoms with E-state index in [1.807, 2.05) is 0 Å². The van der Waals surface area contributed by atoms with Crippen LogP contribution in [-0.4, -0.2) is 60.2 Å². The van der Waals surface area contributed by atoms with E-state index in [0.29, 0.717) is 47.9 Å². The Morgan fingerprint density at radius 2 is 1.93 bits per heavy atom. The van der Waals surface area contributed by atoms with Gasteiger partial charge >= 0.3 is 0 Å². The van der Waals surface area contributed by atoms with E-state index in [0.717, 1.165) is 5.82 Å². The Morgan fingerprint density at radius 3 is 2.63 bits per heavy atom. The topological polar surface area (TPSA) is 67.8 Å². The minimum Gasteiger partial charge on any atom is -0.480 e. The average molecular weight is 411 g/mol. The number of rotatable bonds is 5. The van der Waals surface area contributed by atoms with Crippen LogP contribution in [0.1, 0.15) is 6.92 Å². The van der Waals surface area contributed by atoms with Crippen LogP contribution in [-0.2, 0) is 4.79 Å². The molecule has 1 amide bonds. The van der Waals surface area contributed by atoms with Crippen molar-refractivity contribution in [1.82, 2.24) is 14.9 Å². The summed E-state index contributed by atoms with van der Waals surface area (Å²) >= 11 is 12.1. The predicted molar refractivity (Wildman–Crippen MR) is 104 cm³/mol. The van der Waals surface area contributed by atoms with Crippen LogP contribution in [0.3, 0.4) is 0 Å². The van der Waals surface area contributed by atoms with Crippen LogP contribution in [0.25, 0.3) is 0 Å². The Morgan fingerprint density at radius 1 is 1.19 bits per heavy atom. The number of carbonyl (C=O) groups excluding carboxylic acids is 1. The molecule has 0 radical (unpaired) electrons. The first kappa shape index (κ1) is 19.5. The number of hydrogen-bond donors (Lipinski definition) is 0. The smallest absolute Gasteiger partial charge is 0.263 e. The zero-order valence-electron chi connectivity index (χ0n) is 15.1. The summed E-state index contributed by atoms with van der Waals surface area (Å²) < 4.78 is 10.8. The number of ether oxygens (including phenoxy) is 2. The van der Waals surface area contributed by atoms with E-state index in [1.54, 1.807) is 49.5 Å². The van der Waals surface area contributed by atoms with Crippen LogP contribution < -0.4 is 14.4 Å². The van der Waals surface area contributed by atoms with Crippen molar-refractivity contribution in [3.63, 3.8) is 0 Å². The molecule has 0 N–H and O–H groups in total. The van der Waals surface area contributed by atoms with Crippen LogP contribution >= 0.6 is 23.2 Å².